The molecule has 1 atom stereocenters. The zero-order valence-electron chi connectivity index (χ0n) is 15.3. The Morgan fingerprint density at radius 3 is 2.36 bits per heavy atom. The second-order valence-corrected chi connectivity index (χ2v) is 12.3. The van der Waals surface area contributed by atoms with Crippen molar-refractivity contribution in [2.45, 2.75) is 51.4 Å². The van der Waals surface area contributed by atoms with Crippen molar-refractivity contribution in [1.82, 2.24) is 5.32 Å². The van der Waals surface area contributed by atoms with Gasteiger partial charge in [-0.05, 0) is 36.7 Å². The molecule has 0 aliphatic heterocycles. The Morgan fingerprint density at radius 1 is 1.28 bits per heavy atom. The number of amides is 2. The third-order valence-corrected chi connectivity index (χ3v) is 9.04. The first-order valence-electron chi connectivity index (χ1n) is 8.04. The summed E-state index contributed by atoms with van der Waals surface area (Å²) in [5, 5.41) is 2.39. The van der Waals surface area contributed by atoms with Gasteiger partial charge in [-0.25, -0.2) is 8.78 Å². The highest BCUT2D eigenvalue weighted by Crippen LogP contribution is 2.36. The number of rotatable bonds is 7. The van der Waals surface area contributed by atoms with E-state index in [0.717, 1.165) is 12.1 Å². The maximum absolute atomic E-state index is 13.7. The highest BCUT2D eigenvalue weighted by Gasteiger charge is 2.37. The van der Waals surface area contributed by atoms with Crippen LogP contribution >= 0.6 is 0 Å². The van der Waals surface area contributed by atoms with Gasteiger partial charge in [0, 0.05) is 12.7 Å². The summed E-state index contributed by atoms with van der Waals surface area (Å²) >= 11 is 0. The molecule has 25 heavy (non-hydrogen) atoms. The van der Waals surface area contributed by atoms with Crippen molar-refractivity contribution >= 4 is 20.1 Å². The minimum atomic E-state index is -1.99. The molecule has 0 unspecified atom stereocenters. The number of nitrogens with one attached hydrogen (secondary N) is 1. The summed E-state index contributed by atoms with van der Waals surface area (Å²) < 4.78 is 32.5. The van der Waals surface area contributed by atoms with Crippen molar-refractivity contribution in [2.75, 3.05) is 6.61 Å². The van der Waals surface area contributed by atoms with Crippen LogP contribution in [-0.4, -0.2) is 32.8 Å². The highest BCUT2D eigenvalue weighted by molar-refractivity contribution is 6.74. The number of halogens is 2. The molecule has 1 aromatic carbocycles. The number of carbonyl (C=O) groups is 2. The molecule has 1 rings (SSSR count). The average Bonchev–Trinajstić information content (AvgIpc) is 2.44. The SMILES string of the molecule is CC(C)(C)[Si](C)(C)OCC[C@@H](NC(=O)c1ccc(F)cc1F)C(N)=O. The van der Waals surface area contributed by atoms with Crippen molar-refractivity contribution in [3.63, 3.8) is 0 Å². The summed E-state index contributed by atoms with van der Waals surface area (Å²) in [5.41, 5.74) is 4.96. The zero-order valence-corrected chi connectivity index (χ0v) is 16.3. The molecule has 0 aliphatic rings. The minimum Gasteiger partial charge on any atom is -0.417 e. The molecular weight excluding hydrogens is 346 g/mol. The van der Waals surface area contributed by atoms with E-state index in [2.05, 4.69) is 39.2 Å². The van der Waals surface area contributed by atoms with Gasteiger partial charge in [-0.3, -0.25) is 9.59 Å². The molecule has 140 valence electrons. The lowest BCUT2D eigenvalue weighted by atomic mass is 10.1. The van der Waals surface area contributed by atoms with Crippen molar-refractivity contribution in [2.24, 2.45) is 5.73 Å². The van der Waals surface area contributed by atoms with Gasteiger partial charge in [0.1, 0.15) is 17.7 Å². The fourth-order valence-corrected chi connectivity index (χ4v) is 2.90. The van der Waals surface area contributed by atoms with Crippen LogP contribution in [0.2, 0.25) is 18.1 Å². The van der Waals surface area contributed by atoms with Gasteiger partial charge in [-0.2, -0.15) is 0 Å². The third kappa shape index (κ3) is 5.89. The van der Waals surface area contributed by atoms with Crippen LogP contribution in [0.5, 0.6) is 0 Å². The Kier molecular flexibility index (Phi) is 6.84. The van der Waals surface area contributed by atoms with Crippen LogP contribution in [-0.2, 0) is 9.22 Å². The van der Waals surface area contributed by atoms with Crippen LogP contribution in [0.15, 0.2) is 18.2 Å². The van der Waals surface area contributed by atoms with E-state index in [1.807, 2.05) is 0 Å². The van der Waals surface area contributed by atoms with Crippen LogP contribution < -0.4 is 11.1 Å². The molecule has 2 amide bonds. The molecule has 0 heterocycles. The standard InChI is InChI=1S/C17H26F2N2O3Si/c1-17(2,3)25(4,5)24-9-8-14(15(20)22)21-16(23)12-7-6-11(18)10-13(12)19/h6-7,10,14H,8-9H2,1-5H3,(H2,20,22)(H,21,23)/t14-/m1/s1. The van der Waals surface area contributed by atoms with Crippen LogP contribution in [0, 0.1) is 11.6 Å². The first kappa shape index (κ1) is 21.2. The normalized spacial score (nSPS) is 13.4. The first-order valence-corrected chi connectivity index (χ1v) is 10.9. The van der Waals surface area contributed by atoms with Crippen LogP contribution in [0.25, 0.3) is 0 Å². The fourth-order valence-electron chi connectivity index (χ4n) is 1.84. The molecule has 3 N–H and O–H groups in total. The third-order valence-electron chi connectivity index (χ3n) is 4.50. The van der Waals surface area contributed by atoms with E-state index in [0.29, 0.717) is 6.07 Å². The largest absolute Gasteiger partial charge is 0.417 e. The lowest BCUT2D eigenvalue weighted by molar-refractivity contribution is -0.120. The minimum absolute atomic E-state index is 0.00963. The number of hydrogen-bond donors (Lipinski definition) is 2. The molecule has 0 bridgehead atoms. The quantitative estimate of drug-likeness (QED) is 0.722. The van der Waals surface area contributed by atoms with Crippen LogP contribution in [0.3, 0.4) is 0 Å². The van der Waals surface area contributed by atoms with E-state index in [4.69, 9.17) is 10.2 Å². The summed E-state index contributed by atoms with van der Waals surface area (Å²) in [6.07, 6.45) is 0.177. The predicted octanol–water partition coefficient (Wildman–Crippen LogP) is 2.96. The van der Waals surface area contributed by atoms with Gasteiger partial charge < -0.3 is 15.5 Å². The molecule has 1 aromatic rings. The maximum Gasteiger partial charge on any atom is 0.254 e. The average molecular weight is 372 g/mol. The number of hydrogen-bond acceptors (Lipinski definition) is 3. The van der Waals surface area contributed by atoms with Crippen molar-refractivity contribution < 1.29 is 22.8 Å². The zero-order chi connectivity index (χ0) is 19.4. The fraction of sp³-hybridized carbons (Fsp3) is 0.529. The molecule has 0 aliphatic carbocycles. The van der Waals surface area contributed by atoms with Gasteiger partial charge in [-0.15, -0.1) is 0 Å². The Balaban J connectivity index is 2.72. The number of primary amides is 1. The maximum atomic E-state index is 13.7. The van der Waals surface area contributed by atoms with Crippen molar-refractivity contribution in [1.29, 1.82) is 0 Å². The van der Waals surface area contributed by atoms with E-state index < -0.39 is 37.8 Å². The Bertz CT molecular complexity index is 645. The monoisotopic (exact) mass is 372 g/mol. The molecule has 8 heteroatoms. The Hall–Kier alpha value is -1.80. The molecular formula is C17H26F2N2O3Si. The molecule has 0 radical (unpaired) electrons. The van der Waals surface area contributed by atoms with E-state index in [9.17, 15) is 18.4 Å². The Labute approximate surface area is 148 Å². The topological polar surface area (TPSA) is 81.4 Å². The van der Waals surface area contributed by atoms with Gasteiger partial charge in [-0.1, -0.05) is 20.8 Å². The summed E-state index contributed by atoms with van der Waals surface area (Å²) in [7, 11) is -1.99. The van der Waals surface area contributed by atoms with Gasteiger partial charge in [0.2, 0.25) is 5.91 Å². The van der Waals surface area contributed by atoms with Gasteiger partial charge in [0.15, 0.2) is 8.32 Å². The van der Waals surface area contributed by atoms with E-state index >= 15 is 0 Å². The molecule has 0 saturated carbocycles. The first-order chi connectivity index (χ1) is 11.3. The van der Waals surface area contributed by atoms with E-state index in [1.165, 1.54) is 0 Å². The summed E-state index contributed by atoms with van der Waals surface area (Å²) in [6.45, 7) is 10.6. The molecule has 0 fully saturated rings. The van der Waals surface area contributed by atoms with Crippen LogP contribution in [0.4, 0.5) is 8.78 Å². The van der Waals surface area contributed by atoms with Crippen molar-refractivity contribution in [3.8, 4) is 0 Å². The molecule has 5 nitrogen and oxygen atoms in total. The molecule has 0 spiro atoms. The van der Waals surface area contributed by atoms with Gasteiger partial charge >= 0.3 is 0 Å². The second kappa shape index (κ2) is 8.05. The lowest BCUT2D eigenvalue weighted by Crippen LogP contribution is -2.47. The summed E-state index contributed by atoms with van der Waals surface area (Å²) in [6, 6.07) is 1.60. The van der Waals surface area contributed by atoms with Crippen molar-refractivity contribution in [3.05, 3.63) is 35.4 Å². The number of benzene rings is 1. The Morgan fingerprint density at radius 2 is 1.88 bits per heavy atom. The van der Waals surface area contributed by atoms with E-state index in [-0.39, 0.29) is 23.6 Å². The molecule has 0 saturated heterocycles. The highest BCUT2D eigenvalue weighted by atomic mass is 28.4. The van der Waals surface area contributed by atoms with E-state index in [1.54, 1.807) is 0 Å². The smallest absolute Gasteiger partial charge is 0.254 e. The summed E-state index contributed by atoms with van der Waals surface area (Å²) in [5.74, 6) is -3.36. The predicted molar refractivity (Wildman–Crippen MR) is 94.6 cm³/mol. The van der Waals surface area contributed by atoms with Crippen LogP contribution in [0.1, 0.15) is 37.6 Å². The number of nitrogens with two attached hydrogens (primary N) is 1. The van der Waals surface area contributed by atoms with Gasteiger partial charge in [0.05, 0.1) is 5.56 Å². The van der Waals surface area contributed by atoms with Gasteiger partial charge in [0.25, 0.3) is 5.91 Å². The summed E-state index contributed by atoms with van der Waals surface area (Å²) in [4.78, 5) is 23.7. The number of carbonyl (C=O) groups excluding carboxylic acids is 2. The second-order valence-electron chi connectivity index (χ2n) is 7.45. The molecule has 0 aromatic heterocycles. The lowest BCUT2D eigenvalue weighted by Gasteiger charge is -2.36.